The molecule has 74 valence electrons. The van der Waals surface area contributed by atoms with Gasteiger partial charge in [0.15, 0.2) is 5.66 Å². The molecule has 1 heterocycles. The Morgan fingerprint density at radius 3 is 2.92 bits per heavy atom. The number of hydrogen-bond donors (Lipinski definition) is 3. The van der Waals surface area contributed by atoms with Gasteiger partial charge in [0.1, 0.15) is 0 Å². The van der Waals surface area contributed by atoms with E-state index in [2.05, 4.69) is 17.2 Å². The summed E-state index contributed by atoms with van der Waals surface area (Å²) in [5.41, 5.74) is -0.937. The number of carboxylic acid groups (broad SMARTS) is 1. The van der Waals surface area contributed by atoms with Crippen LogP contribution < -0.4 is 10.6 Å². The summed E-state index contributed by atoms with van der Waals surface area (Å²) in [4.78, 5) is 11.0. The van der Waals surface area contributed by atoms with Crippen LogP contribution in [0.15, 0.2) is 12.7 Å². The van der Waals surface area contributed by atoms with Crippen LogP contribution >= 0.6 is 0 Å². The molecule has 4 heteroatoms. The van der Waals surface area contributed by atoms with E-state index in [1.54, 1.807) is 6.08 Å². The number of carboxylic acids is 1. The molecule has 3 N–H and O–H groups in total. The van der Waals surface area contributed by atoms with Crippen LogP contribution in [0.25, 0.3) is 0 Å². The number of carbonyl (C=O) groups is 1. The molecule has 0 aromatic carbocycles. The van der Waals surface area contributed by atoms with Crippen LogP contribution in [0.4, 0.5) is 0 Å². The predicted octanol–water partition coefficient (Wildman–Crippen LogP) is 0.315. The van der Waals surface area contributed by atoms with Crippen molar-refractivity contribution >= 4 is 5.97 Å². The lowest BCUT2D eigenvalue weighted by atomic mass is 10.1. The molecule has 1 aliphatic heterocycles. The molecule has 0 saturated carbocycles. The zero-order valence-corrected chi connectivity index (χ0v) is 7.84. The first kappa shape index (κ1) is 10.2. The standard InChI is InChI=1S/C9H16N2O2/c1-3-4-5-9(8(12)13)10-6-7(2)11-9/h3,7,10-11H,1,4-6H2,2H3,(H,12,13). The fourth-order valence-electron chi connectivity index (χ4n) is 1.57. The molecule has 13 heavy (non-hydrogen) atoms. The largest absolute Gasteiger partial charge is 0.479 e. The number of aliphatic carboxylic acids is 1. The van der Waals surface area contributed by atoms with Crippen molar-refractivity contribution in [1.29, 1.82) is 0 Å². The third-order valence-corrected chi connectivity index (χ3v) is 2.29. The topological polar surface area (TPSA) is 61.4 Å². The second-order valence-corrected chi connectivity index (χ2v) is 3.46. The number of rotatable bonds is 4. The van der Waals surface area contributed by atoms with Crippen molar-refractivity contribution in [2.45, 2.75) is 31.5 Å². The first-order valence-corrected chi connectivity index (χ1v) is 4.48. The second kappa shape index (κ2) is 3.89. The van der Waals surface area contributed by atoms with Crippen molar-refractivity contribution in [1.82, 2.24) is 10.6 Å². The Balaban J connectivity index is 2.65. The molecule has 4 nitrogen and oxygen atoms in total. The van der Waals surface area contributed by atoms with E-state index < -0.39 is 11.6 Å². The third kappa shape index (κ3) is 2.08. The monoisotopic (exact) mass is 184 g/mol. The maximum atomic E-state index is 11.0. The lowest BCUT2D eigenvalue weighted by Crippen LogP contribution is -2.56. The Morgan fingerprint density at radius 1 is 1.85 bits per heavy atom. The molecule has 0 aliphatic carbocycles. The van der Waals surface area contributed by atoms with Crippen molar-refractivity contribution in [3.8, 4) is 0 Å². The maximum absolute atomic E-state index is 11.0. The van der Waals surface area contributed by atoms with Gasteiger partial charge in [0.25, 0.3) is 0 Å². The highest BCUT2D eigenvalue weighted by Gasteiger charge is 2.42. The minimum absolute atomic E-state index is 0.209. The van der Waals surface area contributed by atoms with Gasteiger partial charge in [-0.05, 0) is 19.8 Å². The van der Waals surface area contributed by atoms with Gasteiger partial charge in [-0.15, -0.1) is 6.58 Å². The number of allylic oxidation sites excluding steroid dienone is 1. The summed E-state index contributed by atoms with van der Waals surface area (Å²) in [5, 5.41) is 15.1. The normalized spacial score (nSPS) is 33.2. The van der Waals surface area contributed by atoms with Crippen molar-refractivity contribution in [2.75, 3.05) is 6.54 Å². The molecule has 1 fully saturated rings. The van der Waals surface area contributed by atoms with Crippen LogP contribution in [0.1, 0.15) is 19.8 Å². The summed E-state index contributed by atoms with van der Waals surface area (Å²) >= 11 is 0. The quantitative estimate of drug-likeness (QED) is 0.550. The lowest BCUT2D eigenvalue weighted by Gasteiger charge is -2.24. The summed E-state index contributed by atoms with van der Waals surface area (Å²) in [6.07, 6.45) is 2.96. The molecule has 2 unspecified atom stereocenters. The van der Waals surface area contributed by atoms with Crippen LogP contribution in [0.3, 0.4) is 0 Å². The van der Waals surface area contributed by atoms with E-state index >= 15 is 0 Å². The van der Waals surface area contributed by atoms with Gasteiger partial charge in [-0.3, -0.25) is 10.6 Å². The van der Waals surface area contributed by atoms with Crippen molar-refractivity contribution < 1.29 is 9.90 Å². The van der Waals surface area contributed by atoms with Crippen LogP contribution in [0, 0.1) is 0 Å². The lowest BCUT2D eigenvalue weighted by molar-refractivity contribution is -0.145. The molecule has 1 rings (SSSR count). The minimum Gasteiger partial charge on any atom is -0.479 e. The Morgan fingerprint density at radius 2 is 2.54 bits per heavy atom. The summed E-state index contributed by atoms with van der Waals surface area (Å²) in [5.74, 6) is -0.835. The molecule has 0 radical (unpaired) electrons. The van der Waals surface area contributed by atoms with Gasteiger partial charge in [0.05, 0.1) is 0 Å². The van der Waals surface area contributed by atoms with Gasteiger partial charge in [-0.2, -0.15) is 0 Å². The average Bonchev–Trinajstić information content (AvgIpc) is 2.45. The van der Waals surface area contributed by atoms with Gasteiger partial charge in [0, 0.05) is 12.6 Å². The molecule has 0 amide bonds. The first-order chi connectivity index (χ1) is 6.10. The summed E-state index contributed by atoms with van der Waals surface area (Å²) < 4.78 is 0. The van der Waals surface area contributed by atoms with Gasteiger partial charge < -0.3 is 5.11 Å². The van der Waals surface area contributed by atoms with Crippen molar-refractivity contribution in [2.24, 2.45) is 0 Å². The highest BCUT2D eigenvalue weighted by molar-refractivity contribution is 5.78. The Hall–Kier alpha value is -0.870. The smallest absolute Gasteiger partial charge is 0.338 e. The molecule has 2 atom stereocenters. The molecule has 0 bridgehead atoms. The Bertz CT molecular complexity index is 218. The second-order valence-electron chi connectivity index (χ2n) is 3.46. The van der Waals surface area contributed by atoms with E-state index in [4.69, 9.17) is 5.11 Å². The molecule has 1 aliphatic rings. The minimum atomic E-state index is -0.937. The van der Waals surface area contributed by atoms with E-state index in [9.17, 15) is 4.79 Å². The van der Waals surface area contributed by atoms with E-state index in [1.807, 2.05) is 6.92 Å². The Labute approximate surface area is 78.0 Å². The van der Waals surface area contributed by atoms with E-state index in [0.717, 1.165) is 0 Å². The highest BCUT2D eigenvalue weighted by atomic mass is 16.4. The van der Waals surface area contributed by atoms with Crippen LogP contribution in [0.5, 0.6) is 0 Å². The van der Waals surface area contributed by atoms with Gasteiger partial charge >= 0.3 is 5.97 Å². The predicted molar refractivity (Wildman–Crippen MR) is 50.4 cm³/mol. The molecular formula is C9H16N2O2. The van der Waals surface area contributed by atoms with Crippen LogP contribution in [-0.4, -0.2) is 29.3 Å². The van der Waals surface area contributed by atoms with Crippen molar-refractivity contribution in [3.05, 3.63) is 12.7 Å². The van der Waals surface area contributed by atoms with Gasteiger partial charge in [-0.1, -0.05) is 6.08 Å². The molecule has 0 aromatic rings. The summed E-state index contributed by atoms with van der Waals surface area (Å²) in [6, 6.07) is 0.209. The zero-order valence-electron chi connectivity index (χ0n) is 7.84. The Kier molecular flexibility index (Phi) is 3.06. The van der Waals surface area contributed by atoms with Gasteiger partial charge in [0.2, 0.25) is 0 Å². The fraction of sp³-hybridized carbons (Fsp3) is 0.667. The number of hydrogen-bond acceptors (Lipinski definition) is 3. The molecular weight excluding hydrogens is 168 g/mol. The van der Waals surface area contributed by atoms with Gasteiger partial charge in [-0.25, -0.2) is 4.79 Å². The maximum Gasteiger partial charge on any atom is 0.338 e. The molecule has 0 spiro atoms. The summed E-state index contributed by atoms with van der Waals surface area (Å²) in [6.45, 7) is 6.24. The highest BCUT2D eigenvalue weighted by Crippen LogP contribution is 2.16. The third-order valence-electron chi connectivity index (χ3n) is 2.29. The van der Waals surface area contributed by atoms with Crippen LogP contribution in [-0.2, 0) is 4.79 Å². The summed E-state index contributed by atoms with van der Waals surface area (Å²) in [7, 11) is 0. The fourth-order valence-corrected chi connectivity index (χ4v) is 1.57. The van der Waals surface area contributed by atoms with Crippen LogP contribution in [0.2, 0.25) is 0 Å². The van der Waals surface area contributed by atoms with Crippen molar-refractivity contribution in [3.63, 3.8) is 0 Å². The van der Waals surface area contributed by atoms with E-state index in [-0.39, 0.29) is 6.04 Å². The molecule has 0 aromatic heterocycles. The SMILES string of the molecule is C=CCCC1(C(=O)O)NCC(C)N1. The van der Waals surface area contributed by atoms with E-state index in [0.29, 0.717) is 19.4 Å². The first-order valence-electron chi connectivity index (χ1n) is 4.48. The molecule has 1 saturated heterocycles. The van der Waals surface area contributed by atoms with E-state index in [1.165, 1.54) is 0 Å². The zero-order chi connectivity index (χ0) is 9.90. The average molecular weight is 184 g/mol. The number of nitrogens with one attached hydrogen (secondary N) is 2.